The Morgan fingerprint density at radius 3 is 1.40 bits per heavy atom. The standard InChI is InChI=1S/C16H11N2.C13H12FN2.C12H8F2N.C12H10O.C11H8N.2C5H8O2.CH3.3Ir.Pt/c1-3-10-17-15(8-1)13-6-5-7-14(12-13)16-9-2-4-11-18-16;1-16(2)12-7-8-15-13(9-12)10-3-5-11(14)6-4-10;1-8-4-5-15-12(6-8)10-3-2-9(13)7-11(10)14;13-12-9-5-4-8-11(12)10-6-2-1-3-7-10;1-2-6-10(7-3-1)11-8-4-5-9-12-11;2*1-4(6)3-5(2)7;;;;;/h1-11H;3,5-9H,1-2H3;2,4-7H,1H3;1-9,13H;1-6,8-9H;2*3,6H,1-2H3;1H3;;;;/q3*-1;;-1;;;-1;;;;/b;;;;;4-3-;;;;;;. The minimum absolute atomic E-state index is 0. The van der Waals surface area contributed by atoms with Gasteiger partial charge in [0, 0.05) is 179 Å². The average Bonchev–Trinajstić information content (AvgIpc) is 1.05. The Hall–Kier alpha value is -8.48. The Labute approximate surface area is 599 Å². The number of ketones is 2. The van der Waals surface area contributed by atoms with E-state index in [9.17, 15) is 27.9 Å². The predicted octanol–water partition coefficient (Wildman–Crippen LogP) is 17.6. The molecule has 11 rings (SSSR count). The molecule has 0 spiro atoms. The number of rotatable bonds is 9. The molecule has 5 heterocycles. The molecule has 0 fully saturated rings. The quantitative estimate of drug-likeness (QED) is 0.0716. The Bertz CT molecular complexity index is 3830. The first-order chi connectivity index (χ1) is 42.4. The molecule has 3 N–H and O–H groups in total. The number of anilines is 1. The van der Waals surface area contributed by atoms with E-state index in [4.69, 9.17) is 10.2 Å². The molecule has 0 saturated carbocycles. The first-order valence-corrected chi connectivity index (χ1v) is 27.3. The van der Waals surface area contributed by atoms with Gasteiger partial charge in [0.2, 0.25) is 0 Å². The molecule has 6 aromatic carbocycles. The molecular weight excluding hydrogens is 1890 g/mol. The maximum atomic E-state index is 13.4. The van der Waals surface area contributed by atoms with Crippen LogP contribution in [0.5, 0.6) is 5.75 Å². The van der Waals surface area contributed by atoms with Crippen molar-refractivity contribution in [1.29, 1.82) is 0 Å². The molecule has 0 amide bonds. The van der Waals surface area contributed by atoms with Crippen molar-refractivity contribution >= 4 is 17.3 Å². The predicted molar refractivity (Wildman–Crippen MR) is 350 cm³/mol. The molecule has 0 bridgehead atoms. The smallest absolute Gasteiger partial charge is 0.155 e. The van der Waals surface area contributed by atoms with Crippen LogP contribution in [0.1, 0.15) is 33.3 Å². The van der Waals surface area contributed by atoms with Gasteiger partial charge in [0.1, 0.15) is 5.75 Å². The number of carbonyl (C=O) groups excluding carboxylic acids is 2. The number of para-hydroxylation sites is 1. The molecule has 93 heavy (non-hydrogen) atoms. The van der Waals surface area contributed by atoms with Crippen LogP contribution < -0.4 is 4.90 Å². The Morgan fingerprint density at radius 2 is 0.946 bits per heavy atom. The van der Waals surface area contributed by atoms with Gasteiger partial charge >= 0.3 is 0 Å². The summed E-state index contributed by atoms with van der Waals surface area (Å²) in [5.41, 5.74) is 12.0. The van der Waals surface area contributed by atoms with E-state index in [1.807, 2.05) is 190 Å². The minimum atomic E-state index is -0.645. The van der Waals surface area contributed by atoms with Gasteiger partial charge in [-0.25, -0.2) is 0 Å². The van der Waals surface area contributed by atoms with E-state index >= 15 is 0 Å². The van der Waals surface area contributed by atoms with Gasteiger partial charge in [-0.05, 0) is 93.7 Å². The second-order valence-electron chi connectivity index (χ2n) is 19.0. The number of aliphatic hydroxyl groups excluding tert-OH is 2. The third kappa shape index (κ3) is 32.1. The van der Waals surface area contributed by atoms with E-state index in [1.54, 1.807) is 49.2 Å². The molecule has 3 radical (unpaired) electrons. The summed E-state index contributed by atoms with van der Waals surface area (Å²) < 4.78 is 38.8. The van der Waals surface area contributed by atoms with Crippen LogP contribution in [-0.2, 0) is 91.0 Å². The van der Waals surface area contributed by atoms with Crippen LogP contribution in [0.4, 0.5) is 18.9 Å². The fourth-order valence-corrected chi connectivity index (χ4v) is 7.53. The number of aromatic nitrogens is 5. The van der Waals surface area contributed by atoms with Gasteiger partial charge < -0.3 is 42.6 Å². The summed E-state index contributed by atoms with van der Waals surface area (Å²) in [7, 11) is 3.93. The van der Waals surface area contributed by atoms with Crippen molar-refractivity contribution in [3.05, 3.63) is 316 Å². The number of aryl methyl sites for hydroxylation is 1. The molecule has 18 heteroatoms. The number of carbonyl (C=O) groups is 2. The largest absolute Gasteiger partial charge is 0.512 e. The number of aromatic hydroxyl groups is 1. The van der Waals surface area contributed by atoms with Gasteiger partial charge in [-0.1, -0.05) is 125 Å². The third-order valence-electron chi connectivity index (χ3n) is 11.5. The fourth-order valence-electron chi connectivity index (χ4n) is 7.53. The van der Waals surface area contributed by atoms with Crippen molar-refractivity contribution in [2.45, 2.75) is 34.6 Å². The topological polar surface area (TPSA) is 163 Å². The monoisotopic (exact) mass is 1960 g/mol. The molecule has 0 atom stereocenters. The molecule has 0 saturated heterocycles. The Kier molecular flexibility index (Phi) is 42.3. The first kappa shape index (κ1) is 84.5. The number of hydrogen-bond donors (Lipinski definition) is 3. The van der Waals surface area contributed by atoms with Crippen LogP contribution in [0, 0.1) is 56.1 Å². The van der Waals surface area contributed by atoms with Gasteiger partial charge in [-0.2, -0.15) is 0 Å². The Morgan fingerprint density at radius 1 is 0.473 bits per heavy atom. The second kappa shape index (κ2) is 46.6. The first-order valence-electron chi connectivity index (χ1n) is 27.3. The van der Waals surface area contributed by atoms with Crippen molar-refractivity contribution in [2.24, 2.45) is 0 Å². The van der Waals surface area contributed by atoms with Gasteiger partial charge in [-0.3, -0.25) is 32.7 Å². The molecule has 11 nitrogen and oxygen atoms in total. The van der Waals surface area contributed by atoms with Crippen molar-refractivity contribution in [3.63, 3.8) is 0 Å². The molecule has 11 aromatic rings. The fraction of sp³-hybridized carbons (Fsp3) is 0.0933. The Balaban J connectivity index is 0.00000107. The molecule has 0 aliphatic carbocycles. The number of hydrogen-bond acceptors (Lipinski definition) is 11. The zero-order valence-electron chi connectivity index (χ0n) is 52.0. The number of phenols is 1. The molecule has 5 aromatic heterocycles. The number of halogens is 3. The average molecular weight is 1960 g/mol. The zero-order chi connectivity index (χ0) is 63.6. The second-order valence-corrected chi connectivity index (χ2v) is 19.0. The molecule has 0 aliphatic heterocycles. The summed E-state index contributed by atoms with van der Waals surface area (Å²) >= 11 is 0. The summed E-state index contributed by atoms with van der Waals surface area (Å²) in [5, 5.41) is 26.3. The van der Waals surface area contributed by atoms with Crippen LogP contribution in [-0.4, -0.2) is 65.9 Å². The molecule has 0 aliphatic rings. The minimum Gasteiger partial charge on any atom is -0.512 e. The van der Waals surface area contributed by atoms with E-state index in [0.29, 0.717) is 11.4 Å². The summed E-state index contributed by atoms with van der Waals surface area (Å²) in [6.45, 7) is 7.58. The van der Waals surface area contributed by atoms with E-state index in [-0.39, 0.29) is 123 Å². The van der Waals surface area contributed by atoms with E-state index in [2.05, 4.69) is 49.2 Å². The number of nitrogens with zero attached hydrogens (tertiary/aromatic N) is 6. The van der Waals surface area contributed by atoms with Crippen molar-refractivity contribution in [3.8, 4) is 73.2 Å². The van der Waals surface area contributed by atoms with E-state index < -0.39 is 11.6 Å². The number of benzene rings is 6. The van der Waals surface area contributed by atoms with Crippen molar-refractivity contribution in [1.82, 2.24) is 24.9 Å². The van der Waals surface area contributed by atoms with Crippen molar-refractivity contribution < 1.29 is 119 Å². The van der Waals surface area contributed by atoms with Crippen molar-refractivity contribution in [2.75, 3.05) is 19.0 Å². The summed E-state index contributed by atoms with van der Waals surface area (Å²) in [6, 6.07) is 74.3. The SMILES string of the molecule is CC(=O)/C=C(/C)O.CC(=O)C=C(C)O.CN(C)c1ccnc(-c2[c-]cc(F)cc2)c1.Cc1ccnc(-c2[c-]cc(F)cc2F)c1.Oc1ccccc1-c1ccccc1.[CH3-].[Ir].[Ir].[Ir].[Pt].[c-]1c(-c2ccccn2)cccc1-c1ccccn1.[c-]1ccccc1-c1ccccn1. The molecule has 491 valence electrons. The number of phenolic OH excluding ortho intramolecular Hbond substituents is 1. The van der Waals surface area contributed by atoms with Gasteiger partial charge in [0.25, 0.3) is 0 Å². The van der Waals surface area contributed by atoms with E-state index in [0.717, 1.165) is 79.5 Å². The van der Waals surface area contributed by atoms with E-state index in [1.165, 1.54) is 52.0 Å². The summed E-state index contributed by atoms with van der Waals surface area (Å²) in [5.74, 6) is -1.36. The van der Waals surface area contributed by atoms with Crippen LogP contribution in [0.3, 0.4) is 0 Å². The number of aliphatic hydroxyl groups is 2. The number of allylic oxidation sites excluding steroid dienone is 4. The van der Waals surface area contributed by atoms with Crippen LogP contribution in [0.25, 0.3) is 67.4 Å². The van der Waals surface area contributed by atoms with Gasteiger partial charge in [0.05, 0.1) is 11.5 Å². The normalized spacial score (nSPS) is 9.74. The van der Waals surface area contributed by atoms with Crippen LogP contribution in [0.2, 0.25) is 0 Å². The third-order valence-corrected chi connectivity index (χ3v) is 11.5. The summed E-state index contributed by atoms with van der Waals surface area (Å²) in [4.78, 5) is 43.2. The van der Waals surface area contributed by atoms with Gasteiger partial charge in [0.15, 0.2) is 11.6 Å². The van der Waals surface area contributed by atoms with Crippen LogP contribution >= 0.6 is 0 Å². The number of pyridine rings is 5. The zero-order valence-corrected chi connectivity index (χ0v) is 61.4. The van der Waals surface area contributed by atoms with Crippen LogP contribution in [0.15, 0.2) is 261 Å². The maximum Gasteiger partial charge on any atom is 0.155 e. The summed E-state index contributed by atoms with van der Waals surface area (Å²) in [6.07, 6.45) is 11.0. The molecule has 0 unspecified atom stereocenters. The molecular formula is C75H68F3Ir3N6O5Pt-5. The van der Waals surface area contributed by atoms with Gasteiger partial charge in [-0.15, -0.1) is 102 Å². The maximum absolute atomic E-state index is 13.4.